The first-order valence-electron chi connectivity index (χ1n) is 6.00. The first kappa shape index (κ1) is 13.7. The maximum absolute atomic E-state index is 13.6. The maximum Gasteiger partial charge on any atom is 0.340 e. The summed E-state index contributed by atoms with van der Waals surface area (Å²) in [5.74, 6) is -2.20. The van der Waals surface area contributed by atoms with E-state index < -0.39 is 17.6 Å². The highest BCUT2D eigenvalue weighted by molar-refractivity contribution is 5.90. The van der Waals surface area contributed by atoms with Gasteiger partial charge in [0, 0.05) is 25.1 Å². The fourth-order valence-corrected chi connectivity index (χ4v) is 1.95. The summed E-state index contributed by atoms with van der Waals surface area (Å²) in [6.45, 7) is 1.84. The average molecular weight is 271 g/mol. The Morgan fingerprint density at radius 2 is 2.26 bits per heavy atom. The topological polar surface area (TPSA) is 47.6 Å². The number of carbonyl (C=O) groups excluding carboxylic acids is 1. The van der Waals surface area contributed by atoms with Gasteiger partial charge in [0.1, 0.15) is 11.6 Å². The fourth-order valence-electron chi connectivity index (χ4n) is 1.95. The maximum atomic E-state index is 13.6. The molecule has 1 heterocycles. The van der Waals surface area contributed by atoms with Crippen LogP contribution in [0, 0.1) is 17.6 Å². The van der Waals surface area contributed by atoms with Crippen LogP contribution in [0.1, 0.15) is 16.8 Å². The Labute approximate surface area is 109 Å². The minimum Gasteiger partial charge on any atom is -0.465 e. The van der Waals surface area contributed by atoms with Crippen molar-refractivity contribution < 1.29 is 23.0 Å². The molecule has 4 nitrogen and oxygen atoms in total. The Morgan fingerprint density at radius 1 is 1.47 bits per heavy atom. The number of ether oxygens (including phenoxy) is 2. The lowest BCUT2D eigenvalue weighted by molar-refractivity contribution is 0.0595. The first-order chi connectivity index (χ1) is 9.11. The molecule has 0 bridgehead atoms. The molecule has 1 fully saturated rings. The predicted octanol–water partition coefficient (Wildman–Crippen LogP) is 2.20. The van der Waals surface area contributed by atoms with Crippen LogP contribution in [0.2, 0.25) is 0 Å². The molecule has 104 valence electrons. The van der Waals surface area contributed by atoms with Crippen molar-refractivity contribution in [1.82, 2.24) is 0 Å². The van der Waals surface area contributed by atoms with Crippen molar-refractivity contribution in [3.63, 3.8) is 0 Å². The lowest BCUT2D eigenvalue weighted by atomic mass is 10.1. The summed E-state index contributed by atoms with van der Waals surface area (Å²) in [6, 6.07) is 1.81. The van der Waals surface area contributed by atoms with Crippen LogP contribution in [0.25, 0.3) is 0 Å². The quantitative estimate of drug-likeness (QED) is 0.853. The number of benzene rings is 1. The molecular formula is C13H15F2NO3. The first-order valence-corrected chi connectivity index (χ1v) is 6.00. The number of nitrogens with one attached hydrogen (secondary N) is 1. The Morgan fingerprint density at radius 3 is 2.89 bits per heavy atom. The molecule has 0 saturated carbocycles. The molecule has 0 aromatic heterocycles. The zero-order valence-electron chi connectivity index (χ0n) is 10.5. The number of methoxy groups -OCH3 is 1. The van der Waals surface area contributed by atoms with E-state index in [1.54, 1.807) is 0 Å². The van der Waals surface area contributed by atoms with Gasteiger partial charge in [-0.3, -0.25) is 0 Å². The van der Waals surface area contributed by atoms with E-state index in [0.717, 1.165) is 19.6 Å². The summed E-state index contributed by atoms with van der Waals surface area (Å²) in [4.78, 5) is 11.3. The van der Waals surface area contributed by atoms with E-state index in [0.29, 0.717) is 31.7 Å². The van der Waals surface area contributed by atoms with Crippen molar-refractivity contribution in [3.8, 4) is 0 Å². The number of carbonyl (C=O) groups is 1. The number of esters is 1. The van der Waals surface area contributed by atoms with Crippen molar-refractivity contribution in [2.45, 2.75) is 6.42 Å². The lowest BCUT2D eigenvalue weighted by Crippen LogP contribution is -2.16. The zero-order chi connectivity index (χ0) is 13.8. The van der Waals surface area contributed by atoms with E-state index in [2.05, 4.69) is 10.1 Å². The molecule has 1 N–H and O–H groups in total. The highest BCUT2D eigenvalue weighted by Crippen LogP contribution is 2.21. The minimum absolute atomic E-state index is 0.0914. The SMILES string of the molecule is COC(=O)c1cc(NCC2CCOC2)c(F)cc1F. The van der Waals surface area contributed by atoms with Gasteiger partial charge in [-0.2, -0.15) is 0 Å². The van der Waals surface area contributed by atoms with Crippen molar-refractivity contribution in [3.05, 3.63) is 29.3 Å². The second-order valence-electron chi connectivity index (χ2n) is 4.41. The molecule has 1 aromatic rings. The van der Waals surface area contributed by atoms with Crippen LogP contribution < -0.4 is 5.32 Å². The lowest BCUT2D eigenvalue weighted by Gasteiger charge is -2.12. The summed E-state index contributed by atoms with van der Waals surface area (Å²) in [7, 11) is 1.15. The average Bonchev–Trinajstić information content (AvgIpc) is 2.90. The van der Waals surface area contributed by atoms with Crippen molar-refractivity contribution >= 4 is 11.7 Å². The number of hydrogen-bond donors (Lipinski definition) is 1. The summed E-state index contributed by atoms with van der Waals surface area (Å²) in [5, 5.41) is 2.87. The van der Waals surface area contributed by atoms with E-state index in [-0.39, 0.29) is 11.3 Å². The van der Waals surface area contributed by atoms with Gasteiger partial charge in [-0.15, -0.1) is 0 Å². The van der Waals surface area contributed by atoms with E-state index in [1.807, 2.05) is 0 Å². The number of halogens is 2. The van der Waals surface area contributed by atoms with Crippen LogP contribution in [0.5, 0.6) is 0 Å². The third-order valence-corrected chi connectivity index (χ3v) is 3.07. The van der Waals surface area contributed by atoms with Crippen molar-refractivity contribution in [2.24, 2.45) is 5.92 Å². The third kappa shape index (κ3) is 3.20. The molecule has 19 heavy (non-hydrogen) atoms. The van der Waals surface area contributed by atoms with Gasteiger partial charge in [0.05, 0.1) is 25.0 Å². The Hall–Kier alpha value is -1.69. The van der Waals surface area contributed by atoms with Crippen LogP contribution in [0.3, 0.4) is 0 Å². The molecule has 6 heteroatoms. The number of hydrogen-bond acceptors (Lipinski definition) is 4. The molecule has 1 aromatic carbocycles. The number of anilines is 1. The molecule has 1 aliphatic rings. The molecule has 0 aliphatic carbocycles. The van der Waals surface area contributed by atoms with Crippen LogP contribution in [0.4, 0.5) is 14.5 Å². The molecule has 0 spiro atoms. The fraction of sp³-hybridized carbons (Fsp3) is 0.462. The van der Waals surface area contributed by atoms with Gasteiger partial charge in [0.2, 0.25) is 0 Å². The highest BCUT2D eigenvalue weighted by atomic mass is 19.1. The Bertz CT molecular complexity index is 473. The Balaban J connectivity index is 2.12. The predicted molar refractivity (Wildman–Crippen MR) is 65.1 cm³/mol. The Kier molecular flexibility index (Phi) is 4.31. The summed E-state index contributed by atoms with van der Waals surface area (Å²) >= 11 is 0. The highest BCUT2D eigenvalue weighted by Gasteiger charge is 2.19. The largest absolute Gasteiger partial charge is 0.465 e. The van der Waals surface area contributed by atoms with Crippen LogP contribution in [0.15, 0.2) is 12.1 Å². The van der Waals surface area contributed by atoms with Crippen molar-refractivity contribution in [1.29, 1.82) is 0 Å². The number of rotatable bonds is 4. The second-order valence-corrected chi connectivity index (χ2v) is 4.41. The molecule has 1 saturated heterocycles. The van der Waals surface area contributed by atoms with E-state index in [1.165, 1.54) is 0 Å². The van der Waals surface area contributed by atoms with Gasteiger partial charge >= 0.3 is 5.97 Å². The minimum atomic E-state index is -0.931. The van der Waals surface area contributed by atoms with Gasteiger partial charge in [-0.05, 0) is 12.5 Å². The third-order valence-electron chi connectivity index (χ3n) is 3.07. The summed E-state index contributed by atoms with van der Waals surface area (Å²) < 4.78 is 36.7. The van der Waals surface area contributed by atoms with Gasteiger partial charge in [0.25, 0.3) is 0 Å². The molecule has 0 amide bonds. The van der Waals surface area contributed by atoms with Crippen molar-refractivity contribution in [2.75, 3.05) is 32.2 Å². The van der Waals surface area contributed by atoms with Crippen LogP contribution in [-0.2, 0) is 9.47 Å². The van der Waals surface area contributed by atoms with E-state index >= 15 is 0 Å². The molecule has 2 rings (SSSR count). The zero-order valence-corrected chi connectivity index (χ0v) is 10.5. The molecule has 1 unspecified atom stereocenters. The smallest absolute Gasteiger partial charge is 0.340 e. The van der Waals surface area contributed by atoms with E-state index in [9.17, 15) is 13.6 Å². The summed E-state index contributed by atoms with van der Waals surface area (Å²) in [5.41, 5.74) is -0.192. The van der Waals surface area contributed by atoms with Gasteiger partial charge in [-0.1, -0.05) is 0 Å². The normalized spacial score (nSPS) is 18.4. The molecule has 1 atom stereocenters. The molecule has 0 radical (unpaired) electrons. The van der Waals surface area contributed by atoms with Gasteiger partial charge < -0.3 is 14.8 Å². The second kappa shape index (κ2) is 5.97. The van der Waals surface area contributed by atoms with Crippen LogP contribution >= 0.6 is 0 Å². The standard InChI is InChI=1S/C13H15F2NO3/c1-18-13(17)9-4-12(11(15)5-10(9)14)16-6-8-2-3-19-7-8/h4-5,8,16H,2-3,6-7H2,1H3. The monoisotopic (exact) mass is 271 g/mol. The van der Waals surface area contributed by atoms with Crippen LogP contribution in [-0.4, -0.2) is 32.8 Å². The molecule has 1 aliphatic heterocycles. The van der Waals surface area contributed by atoms with Gasteiger partial charge in [-0.25, -0.2) is 13.6 Å². The van der Waals surface area contributed by atoms with Gasteiger partial charge in [0.15, 0.2) is 0 Å². The molecular weight excluding hydrogens is 256 g/mol. The van der Waals surface area contributed by atoms with E-state index in [4.69, 9.17) is 4.74 Å². The summed E-state index contributed by atoms with van der Waals surface area (Å²) in [6.07, 6.45) is 0.902.